The van der Waals surface area contributed by atoms with E-state index in [1.54, 1.807) is 54.7 Å². The number of amides is 3. The minimum atomic E-state index is -0.987. The van der Waals surface area contributed by atoms with E-state index < -0.39 is 23.8 Å². The molecule has 99 heavy (non-hydrogen) atoms. The topological polar surface area (TPSA) is 233 Å². The number of carboxylic acids is 1. The van der Waals surface area contributed by atoms with Crippen LogP contribution in [0, 0.1) is 18.6 Å². The standard InChI is InChI=1S/C23H27N3O.C22H25FN2O2.C18H12FNO4.C16H11ClN2O2/c1-17-6-5-7-21-22(17)20(23(27)25-21)16-24-19-10-8-18(9-11-19)12-15-26-13-3-2-4-14-26;1-3-25(4-2)13-14-27-18-9-5-16(6-10-18)7-11-20-19-12-8-17(23)15-21(19)24-22(20)26;19-9-5-6-12-13(7-9)20-18(23)16(12)17-11-4-2-1-3-10(11)14(24-17)8-15(21)22;17-9-2-4-13-12(5-9)14(16(20)19-13)15-11-6-10(18)3-1-8(11)7-21-15/h5-11,16,25,27H,2-4,12-15H2,1H3;5-6,8-12,15H,3-4,7,13-14H2,1-2H3,(H,24,26);1-7,14H,8H2,(H,20,23)(H,21,22);1-6H,7,18H2,(H,19,20)/b;;17-16+;15-14+. The number of carboxylic acid groups (broad SMARTS) is 1. The number of aliphatic carboxylic acids is 1. The van der Waals surface area contributed by atoms with Crippen molar-refractivity contribution in [2.45, 2.75) is 72.0 Å². The van der Waals surface area contributed by atoms with Crippen LogP contribution in [0.5, 0.6) is 11.6 Å². The average molecular weight is 1350 g/mol. The quantitative estimate of drug-likeness (QED) is 0.0289. The number of ether oxygens (including phenoxy) is 3. The fraction of sp³-hybridized carbons (Fsp3) is 0.228. The van der Waals surface area contributed by atoms with Gasteiger partial charge in [-0.3, -0.25) is 24.2 Å². The number of aromatic nitrogens is 1. The Bertz CT molecular complexity index is 4690. The predicted molar refractivity (Wildman–Crippen MR) is 386 cm³/mol. The highest BCUT2D eigenvalue weighted by Crippen LogP contribution is 2.47. The molecule has 1 saturated heterocycles. The molecule has 0 radical (unpaired) electrons. The largest absolute Gasteiger partial charge is 0.494 e. The highest BCUT2D eigenvalue weighted by Gasteiger charge is 2.38. The van der Waals surface area contributed by atoms with Crippen molar-refractivity contribution in [3.05, 3.63) is 248 Å². The Labute approximate surface area is 577 Å². The van der Waals surface area contributed by atoms with Crippen LogP contribution in [0.1, 0.15) is 107 Å². The molecule has 0 bridgehead atoms. The molecule has 0 aliphatic carbocycles. The minimum absolute atomic E-state index is 0.168. The number of hydrogen-bond donors (Lipinski definition) is 7. The molecule has 8 aromatic carbocycles. The molecule has 7 heterocycles. The van der Waals surface area contributed by atoms with E-state index in [0.717, 1.165) is 105 Å². The Morgan fingerprint density at radius 2 is 1.41 bits per heavy atom. The van der Waals surface area contributed by atoms with Crippen LogP contribution in [-0.4, -0.2) is 101 Å². The van der Waals surface area contributed by atoms with Gasteiger partial charge in [-0.1, -0.05) is 105 Å². The first-order chi connectivity index (χ1) is 48.0. The maximum absolute atomic E-state index is 13.4. The summed E-state index contributed by atoms with van der Waals surface area (Å²) in [7, 11) is 0. The molecule has 1 aromatic heterocycles. The van der Waals surface area contributed by atoms with Crippen LogP contribution in [0.2, 0.25) is 5.02 Å². The molecule has 1 fully saturated rings. The van der Waals surface area contributed by atoms with Crippen LogP contribution in [0.25, 0.3) is 39.1 Å². The number of rotatable bonds is 15. The molecule has 15 rings (SSSR count). The second-order valence-electron chi connectivity index (χ2n) is 24.6. The number of allylic oxidation sites excluding steroid dienone is 1. The Morgan fingerprint density at radius 1 is 0.727 bits per heavy atom. The van der Waals surface area contributed by atoms with Crippen LogP contribution in [0.3, 0.4) is 0 Å². The van der Waals surface area contributed by atoms with Gasteiger partial charge < -0.3 is 60.9 Å². The molecule has 6 aliphatic rings. The number of aromatic amines is 1. The molecule has 506 valence electrons. The fourth-order valence-electron chi connectivity index (χ4n) is 12.9. The van der Waals surface area contributed by atoms with Crippen molar-refractivity contribution in [1.82, 2.24) is 14.8 Å². The fourth-order valence-corrected chi connectivity index (χ4v) is 13.1. The van der Waals surface area contributed by atoms with Gasteiger partial charge in [0.15, 0.2) is 5.88 Å². The van der Waals surface area contributed by atoms with Gasteiger partial charge in [-0.25, -0.2) is 8.78 Å². The molecule has 8 N–H and O–H groups in total. The number of piperidine rings is 1. The second-order valence-corrected chi connectivity index (χ2v) is 25.1. The SMILES string of the molecule is CCN(CC)CCOc1ccc(CC=C2C(=O)Nc3cc(F)ccc32)cc1.Cc1cccc2[nH]c(O)c(C=Nc3ccc(CCN4CCCCC4)cc3)c12.Nc1ccc2c(c1)/C(=C1\C(=O)Nc3ccc(Cl)cc31)OC2.O=C(O)CC1O/C(=C2/C(=O)Nc3cc(F)ccc32)c2ccccc21. The van der Waals surface area contributed by atoms with Gasteiger partial charge in [-0.2, -0.15) is 0 Å². The minimum Gasteiger partial charge on any atom is -0.494 e. The Hall–Kier alpha value is -10.9. The summed E-state index contributed by atoms with van der Waals surface area (Å²) in [6.45, 7) is 14.0. The van der Waals surface area contributed by atoms with E-state index in [-0.39, 0.29) is 29.9 Å². The highest BCUT2D eigenvalue weighted by atomic mass is 35.5. The summed E-state index contributed by atoms with van der Waals surface area (Å²) in [5.74, 6) is -0.640. The maximum Gasteiger partial charge on any atom is 0.307 e. The number of carbonyl (C=O) groups is 4. The van der Waals surface area contributed by atoms with E-state index in [4.69, 9.17) is 36.7 Å². The molecule has 6 aliphatic heterocycles. The maximum atomic E-state index is 13.4. The van der Waals surface area contributed by atoms with E-state index >= 15 is 0 Å². The number of aromatic hydroxyl groups is 1. The number of hydrogen-bond acceptors (Lipinski definition) is 12. The van der Waals surface area contributed by atoms with E-state index in [1.165, 1.54) is 68.2 Å². The van der Waals surface area contributed by atoms with Crippen LogP contribution in [0.4, 0.5) is 37.2 Å². The normalized spacial score (nSPS) is 17.4. The zero-order valence-corrected chi connectivity index (χ0v) is 55.8. The number of nitrogens with two attached hydrogens (primary N) is 1. The van der Waals surface area contributed by atoms with Crippen molar-refractivity contribution in [3.8, 4) is 11.6 Å². The number of fused-ring (bicyclic) bond motifs is 6. The number of carbonyl (C=O) groups excluding carboxylic acids is 3. The zero-order chi connectivity index (χ0) is 69.3. The molecule has 9 aromatic rings. The van der Waals surface area contributed by atoms with Crippen molar-refractivity contribution in [2.24, 2.45) is 4.99 Å². The summed E-state index contributed by atoms with van der Waals surface area (Å²) in [6, 6.07) is 48.8. The number of aryl methyl sites for hydroxylation is 1. The number of anilines is 4. The molecule has 20 heteroatoms. The van der Waals surface area contributed by atoms with Crippen LogP contribution in [0.15, 0.2) is 175 Å². The average Bonchev–Trinajstić information content (AvgIpc) is 1.62. The van der Waals surface area contributed by atoms with Crippen molar-refractivity contribution < 1.29 is 52.4 Å². The van der Waals surface area contributed by atoms with Gasteiger partial charge in [0.1, 0.15) is 48.2 Å². The van der Waals surface area contributed by atoms with Gasteiger partial charge >= 0.3 is 5.97 Å². The Balaban J connectivity index is 0.000000126. The van der Waals surface area contributed by atoms with Gasteiger partial charge in [-0.15, -0.1) is 0 Å². The van der Waals surface area contributed by atoms with E-state index in [9.17, 15) is 33.1 Å². The molecular weight excluding hydrogens is 1280 g/mol. The van der Waals surface area contributed by atoms with E-state index in [0.29, 0.717) is 81.1 Å². The van der Waals surface area contributed by atoms with Gasteiger partial charge in [-0.05, 0) is 173 Å². The number of nitrogens with one attached hydrogen (secondary N) is 4. The number of nitrogens with zero attached hydrogens (tertiary/aromatic N) is 3. The number of aliphatic imine (C=N–C) groups is 1. The lowest BCUT2D eigenvalue weighted by molar-refractivity contribution is -0.139. The lowest BCUT2D eigenvalue weighted by Crippen LogP contribution is -2.31. The third-order valence-corrected chi connectivity index (χ3v) is 18.4. The van der Waals surface area contributed by atoms with Gasteiger partial charge in [0.2, 0.25) is 0 Å². The number of likely N-dealkylation sites (tertiary alicyclic amines) is 1. The monoisotopic (exact) mass is 1350 g/mol. The predicted octanol–water partition coefficient (Wildman–Crippen LogP) is 15.6. The van der Waals surface area contributed by atoms with Gasteiger partial charge in [0.25, 0.3) is 17.7 Å². The number of nitrogen functional groups attached to an aromatic ring is 1. The van der Waals surface area contributed by atoms with Crippen LogP contribution >= 0.6 is 11.6 Å². The second kappa shape index (κ2) is 30.7. The molecule has 1 unspecified atom stereocenters. The number of benzene rings is 8. The number of H-pyrrole nitrogens is 1. The smallest absolute Gasteiger partial charge is 0.307 e. The highest BCUT2D eigenvalue weighted by molar-refractivity contribution is 6.38. The summed E-state index contributed by atoms with van der Waals surface area (Å²) >= 11 is 6.05. The number of halogens is 3. The van der Waals surface area contributed by atoms with Gasteiger partial charge in [0, 0.05) is 91.1 Å². The summed E-state index contributed by atoms with van der Waals surface area (Å²) in [5, 5.41) is 29.1. The van der Waals surface area contributed by atoms with Crippen LogP contribution in [-0.2, 0) is 48.1 Å². The van der Waals surface area contributed by atoms with Crippen molar-refractivity contribution in [3.63, 3.8) is 0 Å². The first-order valence-electron chi connectivity index (χ1n) is 33.1. The summed E-state index contributed by atoms with van der Waals surface area (Å²) in [6.07, 6.45) is 8.56. The Kier molecular flexibility index (Phi) is 21.1. The zero-order valence-electron chi connectivity index (χ0n) is 55.0. The summed E-state index contributed by atoms with van der Waals surface area (Å²) < 4.78 is 44.0. The van der Waals surface area contributed by atoms with E-state index in [2.05, 4.69) is 73.8 Å². The molecule has 17 nitrogen and oxygen atoms in total. The first-order valence-corrected chi connectivity index (χ1v) is 33.5. The van der Waals surface area contributed by atoms with Crippen molar-refractivity contribution >= 4 is 109 Å². The summed E-state index contributed by atoms with van der Waals surface area (Å²) in [4.78, 5) is 60.4. The van der Waals surface area contributed by atoms with Crippen LogP contribution < -0.4 is 26.4 Å². The van der Waals surface area contributed by atoms with Gasteiger partial charge in [0.05, 0.1) is 40.2 Å². The molecular formula is C79H75ClF2N8O9. The third kappa shape index (κ3) is 15.8. The summed E-state index contributed by atoms with van der Waals surface area (Å²) in [5.41, 5.74) is 21.0. The Morgan fingerprint density at radius 3 is 2.15 bits per heavy atom. The lowest BCUT2D eigenvalue weighted by Gasteiger charge is -2.26. The van der Waals surface area contributed by atoms with Crippen molar-refractivity contribution in [2.75, 3.05) is 67.6 Å². The van der Waals surface area contributed by atoms with Crippen molar-refractivity contribution in [1.29, 1.82) is 0 Å². The first kappa shape index (κ1) is 68.1. The molecule has 0 spiro atoms. The van der Waals surface area contributed by atoms with E-state index in [1.807, 2.05) is 73.7 Å². The molecule has 3 amide bonds. The lowest BCUT2D eigenvalue weighted by atomic mass is 9.98. The molecule has 1 atom stereocenters. The molecule has 0 saturated carbocycles. The number of likely N-dealkylation sites (N-methyl/N-ethyl adjacent to an activating group) is 1. The third-order valence-electron chi connectivity index (χ3n) is 18.1.